The molecule has 0 spiro atoms. The van der Waals surface area contributed by atoms with E-state index < -0.39 is 0 Å². The smallest absolute Gasteiger partial charge is 0.310 e. The van der Waals surface area contributed by atoms with Crippen molar-refractivity contribution < 1.29 is 14.3 Å². The summed E-state index contributed by atoms with van der Waals surface area (Å²) < 4.78 is 9.58. The molecule has 0 bridgehead atoms. The Bertz CT molecular complexity index is 250. The number of halogens is 1. The number of ether oxygens (including phenoxy) is 2. The highest BCUT2D eigenvalue weighted by atomic mass is 127. The van der Waals surface area contributed by atoms with Crippen molar-refractivity contribution >= 4 is 35.9 Å². The number of carbonyl (C=O) groups is 1. The first kappa shape index (κ1) is 19.8. The fraction of sp³-hybridized carbons (Fsp3) is 0.818. The topological polar surface area (TPSA) is 72.0 Å². The lowest BCUT2D eigenvalue weighted by atomic mass is 10.2. The van der Waals surface area contributed by atoms with Gasteiger partial charge in [-0.1, -0.05) is 6.92 Å². The molecule has 0 saturated heterocycles. The van der Waals surface area contributed by atoms with E-state index in [0.29, 0.717) is 19.1 Å². The molecule has 0 saturated carbocycles. The van der Waals surface area contributed by atoms with Crippen molar-refractivity contribution in [3.8, 4) is 0 Å². The van der Waals surface area contributed by atoms with Gasteiger partial charge in [-0.2, -0.15) is 0 Å². The predicted octanol–water partition coefficient (Wildman–Crippen LogP) is 0.615. The molecule has 0 aliphatic rings. The van der Waals surface area contributed by atoms with Crippen LogP contribution in [0.15, 0.2) is 4.99 Å². The van der Waals surface area contributed by atoms with E-state index in [0.717, 1.165) is 13.0 Å². The standard InChI is InChI=1S/C11H23N3O3.HI/c1-9(10(15)17-4)8-14-11(12-2)13-6-5-7-16-3;/h9H,5-8H2,1-4H3,(H2,12,13,14);1H. The van der Waals surface area contributed by atoms with E-state index >= 15 is 0 Å². The summed E-state index contributed by atoms with van der Waals surface area (Å²) in [5.41, 5.74) is 0. The fourth-order valence-electron chi connectivity index (χ4n) is 1.18. The van der Waals surface area contributed by atoms with E-state index in [2.05, 4.69) is 20.4 Å². The second-order valence-corrected chi connectivity index (χ2v) is 3.65. The maximum Gasteiger partial charge on any atom is 0.310 e. The van der Waals surface area contributed by atoms with Crippen LogP contribution in [0.25, 0.3) is 0 Å². The number of hydrogen-bond acceptors (Lipinski definition) is 4. The number of nitrogens with one attached hydrogen (secondary N) is 2. The molecule has 0 aromatic carbocycles. The Morgan fingerprint density at radius 1 is 1.33 bits per heavy atom. The lowest BCUT2D eigenvalue weighted by Gasteiger charge is -2.14. The van der Waals surface area contributed by atoms with Crippen molar-refractivity contribution in [2.45, 2.75) is 13.3 Å². The van der Waals surface area contributed by atoms with Crippen LogP contribution < -0.4 is 10.6 Å². The fourth-order valence-corrected chi connectivity index (χ4v) is 1.18. The average Bonchev–Trinajstić information content (AvgIpc) is 2.36. The number of methoxy groups -OCH3 is 2. The van der Waals surface area contributed by atoms with Crippen molar-refractivity contribution in [1.82, 2.24) is 10.6 Å². The molecule has 0 aliphatic carbocycles. The zero-order valence-corrected chi connectivity index (χ0v) is 13.8. The monoisotopic (exact) mass is 373 g/mol. The minimum absolute atomic E-state index is 0. The summed E-state index contributed by atoms with van der Waals surface area (Å²) in [5, 5.41) is 6.18. The van der Waals surface area contributed by atoms with Crippen LogP contribution in [-0.4, -0.2) is 52.9 Å². The summed E-state index contributed by atoms with van der Waals surface area (Å²) in [5.74, 6) is 0.252. The number of nitrogens with zero attached hydrogens (tertiary/aromatic N) is 1. The number of carbonyl (C=O) groups excluding carboxylic acids is 1. The first-order valence-corrected chi connectivity index (χ1v) is 5.67. The van der Waals surface area contributed by atoms with Crippen LogP contribution in [0.5, 0.6) is 0 Å². The molecule has 0 aromatic rings. The van der Waals surface area contributed by atoms with Gasteiger partial charge in [-0.3, -0.25) is 9.79 Å². The molecule has 18 heavy (non-hydrogen) atoms. The van der Waals surface area contributed by atoms with Gasteiger partial charge in [0.05, 0.1) is 13.0 Å². The molecule has 1 atom stereocenters. The molecule has 2 N–H and O–H groups in total. The van der Waals surface area contributed by atoms with Crippen LogP contribution in [-0.2, 0) is 14.3 Å². The third kappa shape index (κ3) is 9.46. The number of esters is 1. The average molecular weight is 373 g/mol. The Labute approximate surface area is 126 Å². The first-order valence-electron chi connectivity index (χ1n) is 5.67. The summed E-state index contributed by atoms with van der Waals surface area (Å²) >= 11 is 0. The van der Waals surface area contributed by atoms with E-state index in [1.165, 1.54) is 7.11 Å². The Balaban J connectivity index is 0. The number of hydrogen-bond donors (Lipinski definition) is 2. The Morgan fingerprint density at radius 2 is 2.00 bits per heavy atom. The summed E-state index contributed by atoms with van der Waals surface area (Å²) in [6, 6.07) is 0. The summed E-state index contributed by atoms with van der Waals surface area (Å²) in [6.07, 6.45) is 0.907. The van der Waals surface area contributed by atoms with Gasteiger partial charge in [0.1, 0.15) is 0 Å². The minimum atomic E-state index is -0.229. The molecule has 0 radical (unpaired) electrons. The Morgan fingerprint density at radius 3 is 2.50 bits per heavy atom. The quantitative estimate of drug-likeness (QED) is 0.225. The second-order valence-electron chi connectivity index (χ2n) is 3.65. The highest BCUT2D eigenvalue weighted by Gasteiger charge is 2.12. The van der Waals surface area contributed by atoms with Crippen molar-refractivity contribution in [2.24, 2.45) is 10.9 Å². The molecule has 7 heteroatoms. The zero-order chi connectivity index (χ0) is 13.1. The van der Waals surface area contributed by atoms with Gasteiger partial charge < -0.3 is 20.1 Å². The third-order valence-electron chi connectivity index (χ3n) is 2.22. The van der Waals surface area contributed by atoms with E-state index in [-0.39, 0.29) is 35.9 Å². The molecule has 0 heterocycles. The zero-order valence-electron chi connectivity index (χ0n) is 11.5. The number of aliphatic imine (C=N–C) groups is 1. The first-order chi connectivity index (χ1) is 8.15. The molecular weight excluding hydrogens is 349 g/mol. The highest BCUT2D eigenvalue weighted by molar-refractivity contribution is 14.0. The van der Waals surface area contributed by atoms with Gasteiger partial charge in [-0.15, -0.1) is 24.0 Å². The molecule has 0 aromatic heterocycles. The second kappa shape index (κ2) is 12.9. The SMILES string of the molecule is CN=C(NCCCOC)NCC(C)C(=O)OC.I. The Kier molecular flexibility index (Phi) is 14.1. The molecule has 0 aliphatic heterocycles. The number of guanidine groups is 1. The van der Waals surface area contributed by atoms with Gasteiger partial charge in [0, 0.05) is 33.9 Å². The van der Waals surface area contributed by atoms with E-state index in [9.17, 15) is 4.79 Å². The normalized spacial score (nSPS) is 12.3. The van der Waals surface area contributed by atoms with Crippen LogP contribution in [0.4, 0.5) is 0 Å². The molecular formula is C11H24IN3O3. The molecule has 108 valence electrons. The largest absolute Gasteiger partial charge is 0.469 e. The maximum atomic E-state index is 11.2. The van der Waals surface area contributed by atoms with Gasteiger partial charge >= 0.3 is 5.97 Å². The van der Waals surface area contributed by atoms with Gasteiger partial charge in [-0.05, 0) is 6.42 Å². The Hall–Kier alpha value is -0.570. The summed E-state index contributed by atoms with van der Waals surface area (Å²) in [6.45, 7) is 3.79. The lowest BCUT2D eigenvalue weighted by Crippen LogP contribution is -2.41. The third-order valence-corrected chi connectivity index (χ3v) is 2.22. The maximum absolute atomic E-state index is 11.2. The molecule has 0 rings (SSSR count). The van der Waals surface area contributed by atoms with Gasteiger partial charge in [0.15, 0.2) is 5.96 Å². The molecule has 0 amide bonds. The molecule has 6 nitrogen and oxygen atoms in total. The molecule has 0 fully saturated rings. The van der Waals surface area contributed by atoms with Crippen molar-refractivity contribution in [1.29, 1.82) is 0 Å². The summed E-state index contributed by atoms with van der Waals surface area (Å²) in [4.78, 5) is 15.2. The van der Waals surface area contributed by atoms with Crippen molar-refractivity contribution in [2.75, 3.05) is 41.0 Å². The van der Waals surface area contributed by atoms with Gasteiger partial charge in [0.25, 0.3) is 0 Å². The van der Waals surface area contributed by atoms with Crippen LogP contribution in [0.1, 0.15) is 13.3 Å². The molecule has 1 unspecified atom stereocenters. The highest BCUT2D eigenvalue weighted by Crippen LogP contribution is 1.94. The van der Waals surface area contributed by atoms with Crippen LogP contribution >= 0.6 is 24.0 Å². The van der Waals surface area contributed by atoms with Crippen LogP contribution in [0.3, 0.4) is 0 Å². The van der Waals surface area contributed by atoms with Crippen LogP contribution in [0.2, 0.25) is 0 Å². The van der Waals surface area contributed by atoms with E-state index in [1.54, 1.807) is 21.1 Å². The predicted molar refractivity (Wildman–Crippen MR) is 82.5 cm³/mol. The number of rotatable bonds is 7. The van der Waals surface area contributed by atoms with Gasteiger partial charge in [0.2, 0.25) is 0 Å². The lowest BCUT2D eigenvalue weighted by molar-refractivity contribution is -0.144. The van der Waals surface area contributed by atoms with Gasteiger partial charge in [-0.25, -0.2) is 0 Å². The van der Waals surface area contributed by atoms with Crippen molar-refractivity contribution in [3.63, 3.8) is 0 Å². The van der Waals surface area contributed by atoms with E-state index in [4.69, 9.17) is 4.74 Å². The minimum Gasteiger partial charge on any atom is -0.469 e. The van der Waals surface area contributed by atoms with Crippen LogP contribution in [0, 0.1) is 5.92 Å². The van der Waals surface area contributed by atoms with E-state index in [1.807, 2.05) is 0 Å². The summed E-state index contributed by atoms with van der Waals surface area (Å²) in [7, 11) is 4.75. The van der Waals surface area contributed by atoms with Crippen molar-refractivity contribution in [3.05, 3.63) is 0 Å².